The third-order valence-electron chi connectivity index (χ3n) is 5.66. The van der Waals surface area contributed by atoms with Crippen molar-refractivity contribution in [2.75, 3.05) is 28.1 Å². The minimum Gasteiger partial charge on any atom is -0.497 e. The van der Waals surface area contributed by atoms with Crippen LogP contribution in [0.2, 0.25) is 0 Å². The molecule has 4 rings (SSSR count). The Balaban J connectivity index is 1.94. The molecule has 2 aromatic carbocycles. The average Bonchev–Trinajstić information content (AvgIpc) is 3.14. The van der Waals surface area contributed by atoms with E-state index in [4.69, 9.17) is 28.4 Å². The largest absolute Gasteiger partial charge is 0.497 e. The van der Waals surface area contributed by atoms with Crippen LogP contribution in [0.15, 0.2) is 30.3 Å². The Morgan fingerprint density at radius 3 is 2.33 bits per heavy atom. The number of hydrogen-bond acceptors (Lipinski definition) is 6. The molecule has 3 atom stereocenters. The fraction of sp³-hybridized carbons (Fsp3) is 0.429. The van der Waals surface area contributed by atoms with E-state index in [2.05, 4.69) is 6.92 Å². The molecular weight excluding hydrogens is 348 g/mol. The van der Waals surface area contributed by atoms with Crippen LogP contribution in [-0.4, -0.2) is 33.9 Å². The molecular formula is C21H24O6. The Morgan fingerprint density at radius 1 is 0.926 bits per heavy atom. The standard InChI is InChI=1S/C21H24O6/c1-12-20(14-8-13(22-3)6-7-16(14)23-4)15-9-18-19(26-11-25-18)10-17(15)27-21(12,2)24-5/h6-10,12,20H,11H2,1-5H3/t12-,20-,21+/m1/s1. The molecule has 6 heteroatoms. The van der Waals surface area contributed by atoms with Gasteiger partial charge < -0.3 is 28.4 Å². The lowest BCUT2D eigenvalue weighted by Gasteiger charge is -2.44. The molecule has 2 aromatic rings. The molecule has 0 bridgehead atoms. The van der Waals surface area contributed by atoms with E-state index in [1.165, 1.54) is 0 Å². The highest BCUT2D eigenvalue weighted by Gasteiger charge is 2.47. The van der Waals surface area contributed by atoms with Crippen LogP contribution in [0, 0.1) is 5.92 Å². The molecule has 0 fully saturated rings. The topological polar surface area (TPSA) is 55.4 Å². The molecule has 0 aliphatic carbocycles. The first kappa shape index (κ1) is 17.8. The minimum atomic E-state index is -0.806. The summed E-state index contributed by atoms with van der Waals surface area (Å²) in [5.74, 6) is 2.82. The third kappa shape index (κ3) is 2.75. The van der Waals surface area contributed by atoms with Crippen LogP contribution in [0.4, 0.5) is 0 Å². The molecule has 0 N–H and O–H groups in total. The maximum atomic E-state index is 6.26. The molecule has 0 unspecified atom stereocenters. The molecule has 2 heterocycles. The monoisotopic (exact) mass is 372 g/mol. The van der Waals surface area contributed by atoms with E-state index in [1.54, 1.807) is 21.3 Å². The molecule has 0 radical (unpaired) electrons. The lowest BCUT2D eigenvalue weighted by Crippen LogP contribution is -2.47. The normalized spacial score (nSPS) is 25.5. The Bertz CT molecular complexity index is 864. The van der Waals surface area contributed by atoms with E-state index in [0.717, 1.165) is 34.1 Å². The third-order valence-corrected chi connectivity index (χ3v) is 5.66. The van der Waals surface area contributed by atoms with Crippen molar-refractivity contribution in [3.63, 3.8) is 0 Å². The SMILES string of the molecule is COc1ccc(OC)c([C@@H]2c3cc4c(cc3O[C@](C)(OC)[C@@H]2C)OCO4)c1. The molecule has 27 heavy (non-hydrogen) atoms. The van der Waals surface area contributed by atoms with Crippen LogP contribution in [0.5, 0.6) is 28.7 Å². The number of benzene rings is 2. The second-order valence-electron chi connectivity index (χ2n) is 6.94. The quantitative estimate of drug-likeness (QED) is 0.810. The summed E-state index contributed by atoms with van der Waals surface area (Å²) in [6.45, 7) is 4.27. The van der Waals surface area contributed by atoms with Gasteiger partial charge in [-0.2, -0.15) is 0 Å². The second kappa shape index (κ2) is 6.53. The van der Waals surface area contributed by atoms with Gasteiger partial charge in [0, 0.05) is 43.1 Å². The highest BCUT2D eigenvalue weighted by molar-refractivity contribution is 5.58. The lowest BCUT2D eigenvalue weighted by atomic mass is 9.75. The van der Waals surface area contributed by atoms with Crippen molar-refractivity contribution in [1.82, 2.24) is 0 Å². The van der Waals surface area contributed by atoms with Gasteiger partial charge in [-0.15, -0.1) is 0 Å². The van der Waals surface area contributed by atoms with E-state index >= 15 is 0 Å². The molecule has 0 saturated carbocycles. The second-order valence-corrected chi connectivity index (χ2v) is 6.94. The minimum absolute atomic E-state index is 0.00335. The van der Waals surface area contributed by atoms with Crippen LogP contribution >= 0.6 is 0 Å². The maximum Gasteiger partial charge on any atom is 0.231 e. The van der Waals surface area contributed by atoms with E-state index in [9.17, 15) is 0 Å². The van der Waals surface area contributed by atoms with E-state index in [-0.39, 0.29) is 18.6 Å². The zero-order valence-electron chi connectivity index (χ0n) is 16.2. The van der Waals surface area contributed by atoms with Gasteiger partial charge in [-0.3, -0.25) is 0 Å². The van der Waals surface area contributed by atoms with Gasteiger partial charge in [-0.1, -0.05) is 6.92 Å². The summed E-state index contributed by atoms with van der Waals surface area (Å²) >= 11 is 0. The molecule has 0 saturated heterocycles. The molecule has 2 aliphatic heterocycles. The molecule has 0 amide bonds. The van der Waals surface area contributed by atoms with E-state index in [0.29, 0.717) is 5.75 Å². The predicted molar refractivity (Wildman–Crippen MR) is 99.2 cm³/mol. The maximum absolute atomic E-state index is 6.26. The van der Waals surface area contributed by atoms with Crippen LogP contribution < -0.4 is 23.7 Å². The van der Waals surface area contributed by atoms with Crippen molar-refractivity contribution in [2.24, 2.45) is 5.92 Å². The van der Waals surface area contributed by atoms with Crippen molar-refractivity contribution in [1.29, 1.82) is 0 Å². The van der Waals surface area contributed by atoms with Crippen LogP contribution in [-0.2, 0) is 4.74 Å². The summed E-state index contributed by atoms with van der Waals surface area (Å²) in [5.41, 5.74) is 2.02. The summed E-state index contributed by atoms with van der Waals surface area (Å²) in [5, 5.41) is 0. The zero-order chi connectivity index (χ0) is 19.2. The first-order valence-electron chi connectivity index (χ1n) is 8.90. The summed E-state index contributed by atoms with van der Waals surface area (Å²) < 4.78 is 34.3. The van der Waals surface area contributed by atoms with Crippen molar-refractivity contribution in [3.05, 3.63) is 41.5 Å². The molecule has 2 aliphatic rings. The molecule has 144 valence electrons. The number of ether oxygens (including phenoxy) is 6. The van der Waals surface area contributed by atoms with Crippen LogP contribution in [0.25, 0.3) is 0 Å². The smallest absolute Gasteiger partial charge is 0.231 e. The van der Waals surface area contributed by atoms with Gasteiger partial charge in [0.05, 0.1) is 14.2 Å². The Kier molecular flexibility index (Phi) is 4.30. The zero-order valence-corrected chi connectivity index (χ0v) is 16.2. The van der Waals surface area contributed by atoms with Crippen LogP contribution in [0.3, 0.4) is 0 Å². The summed E-state index contributed by atoms with van der Waals surface area (Å²) in [6.07, 6.45) is 0. The van der Waals surface area contributed by atoms with Gasteiger partial charge in [0.1, 0.15) is 17.2 Å². The first-order chi connectivity index (χ1) is 13.0. The Morgan fingerprint density at radius 2 is 1.67 bits per heavy atom. The number of methoxy groups -OCH3 is 3. The fourth-order valence-corrected chi connectivity index (χ4v) is 3.90. The van der Waals surface area contributed by atoms with E-state index < -0.39 is 5.79 Å². The molecule has 0 spiro atoms. The Labute approximate surface area is 158 Å². The van der Waals surface area contributed by atoms with Gasteiger partial charge in [-0.25, -0.2) is 0 Å². The molecule has 6 nitrogen and oxygen atoms in total. The number of fused-ring (bicyclic) bond motifs is 2. The van der Waals surface area contributed by atoms with Crippen molar-refractivity contribution in [3.8, 4) is 28.7 Å². The first-order valence-corrected chi connectivity index (χ1v) is 8.90. The highest BCUT2D eigenvalue weighted by atomic mass is 16.7. The number of hydrogen-bond donors (Lipinski definition) is 0. The van der Waals surface area contributed by atoms with Crippen molar-refractivity contribution >= 4 is 0 Å². The summed E-state index contributed by atoms with van der Waals surface area (Å²) in [6, 6.07) is 9.69. The van der Waals surface area contributed by atoms with Gasteiger partial charge in [-0.05, 0) is 24.3 Å². The average molecular weight is 372 g/mol. The summed E-state index contributed by atoms with van der Waals surface area (Å²) in [4.78, 5) is 0. The molecule has 0 aromatic heterocycles. The summed E-state index contributed by atoms with van der Waals surface area (Å²) in [7, 11) is 4.99. The van der Waals surface area contributed by atoms with Crippen molar-refractivity contribution < 1.29 is 28.4 Å². The van der Waals surface area contributed by atoms with Gasteiger partial charge in [0.25, 0.3) is 0 Å². The van der Waals surface area contributed by atoms with E-state index in [1.807, 2.05) is 37.3 Å². The van der Waals surface area contributed by atoms with Gasteiger partial charge >= 0.3 is 0 Å². The van der Waals surface area contributed by atoms with Crippen LogP contribution in [0.1, 0.15) is 30.9 Å². The highest BCUT2D eigenvalue weighted by Crippen LogP contribution is 2.53. The number of rotatable bonds is 4. The fourth-order valence-electron chi connectivity index (χ4n) is 3.90. The van der Waals surface area contributed by atoms with Gasteiger partial charge in [0.15, 0.2) is 11.5 Å². The predicted octanol–water partition coefficient (Wildman–Crippen LogP) is 3.96. The van der Waals surface area contributed by atoms with Gasteiger partial charge in [0.2, 0.25) is 12.6 Å². The van der Waals surface area contributed by atoms with Crippen molar-refractivity contribution in [2.45, 2.75) is 25.6 Å². The lowest BCUT2D eigenvalue weighted by molar-refractivity contribution is -0.194. The Hall–Kier alpha value is -2.60.